The van der Waals surface area contributed by atoms with Crippen molar-refractivity contribution in [3.8, 4) is 0 Å². The number of rotatable bonds is 4. The maximum atomic E-state index is 14.1. The molecule has 0 saturated heterocycles. The van der Waals surface area contributed by atoms with Crippen molar-refractivity contribution in [1.82, 2.24) is 5.43 Å². The molecule has 0 aliphatic carbocycles. The second-order valence-electron chi connectivity index (χ2n) is 6.51. The van der Waals surface area contributed by atoms with Crippen LogP contribution in [0.25, 0.3) is 0 Å². The van der Waals surface area contributed by atoms with Crippen LogP contribution in [-0.2, 0) is 10.0 Å². The largest absolute Gasteiger partial charge is 0.290 e. The molecule has 9 heteroatoms. The van der Waals surface area contributed by atoms with Crippen LogP contribution >= 0.6 is 11.6 Å². The Kier molecular flexibility index (Phi) is 5.60. The lowest BCUT2D eigenvalue weighted by Crippen LogP contribution is -2.47. The van der Waals surface area contributed by atoms with Gasteiger partial charge in [-0.3, -0.25) is 14.5 Å². The minimum atomic E-state index is -4.10. The van der Waals surface area contributed by atoms with Crippen molar-refractivity contribution >= 4 is 33.2 Å². The first-order chi connectivity index (χ1) is 12.0. The van der Waals surface area contributed by atoms with Crippen LogP contribution in [-0.4, -0.2) is 19.9 Å². The molecule has 0 saturated carbocycles. The first kappa shape index (κ1) is 20.2. The first-order valence-electron chi connectivity index (χ1n) is 7.60. The number of sulfonamides is 1. The molecule has 0 bridgehead atoms. The van der Waals surface area contributed by atoms with E-state index in [0.29, 0.717) is 0 Å². The molecule has 0 spiro atoms. The molecular weight excluding hydrogens is 381 g/mol. The average Bonchev–Trinajstić information content (AvgIpc) is 2.56. The molecule has 2 aromatic rings. The third-order valence-electron chi connectivity index (χ3n) is 3.52. The van der Waals surface area contributed by atoms with Gasteiger partial charge in [0, 0.05) is 11.6 Å². The van der Waals surface area contributed by atoms with Gasteiger partial charge in [0.05, 0.1) is 21.2 Å². The number of nitrogens with zero attached hydrogens (tertiary/aromatic N) is 1. The third kappa shape index (κ3) is 3.82. The first-order valence-corrected chi connectivity index (χ1v) is 9.42. The average molecular weight is 400 g/mol. The molecular formula is C17H19ClFN3O3S. The standard InChI is InChI=1S/C17H19ClFN3O3S/c1-17(2,3)22(26(24,25)11-7-5-4-6-8-11)15-10-14(19)13(18)9-12(15)16(23)21-20/h4-10H,20H2,1-3H3,(H,21,23). The predicted molar refractivity (Wildman–Crippen MR) is 98.9 cm³/mol. The smallest absolute Gasteiger partial charge is 0.267 e. The van der Waals surface area contributed by atoms with Crippen molar-refractivity contribution < 1.29 is 17.6 Å². The van der Waals surface area contributed by atoms with E-state index in [4.69, 9.17) is 17.4 Å². The summed E-state index contributed by atoms with van der Waals surface area (Å²) in [5.74, 6) is 3.54. The summed E-state index contributed by atoms with van der Waals surface area (Å²) in [6, 6.07) is 9.63. The van der Waals surface area contributed by atoms with Gasteiger partial charge in [-0.25, -0.2) is 18.7 Å². The van der Waals surface area contributed by atoms with Gasteiger partial charge in [-0.1, -0.05) is 29.8 Å². The second kappa shape index (κ2) is 7.22. The maximum absolute atomic E-state index is 14.1. The minimum Gasteiger partial charge on any atom is -0.290 e. The highest BCUT2D eigenvalue weighted by atomic mass is 35.5. The van der Waals surface area contributed by atoms with Crippen LogP contribution in [0.3, 0.4) is 0 Å². The molecule has 0 unspecified atom stereocenters. The van der Waals surface area contributed by atoms with E-state index in [1.807, 2.05) is 5.43 Å². The lowest BCUT2D eigenvalue weighted by molar-refractivity contribution is 0.0954. The summed E-state index contributed by atoms with van der Waals surface area (Å²) in [4.78, 5) is 12.2. The van der Waals surface area contributed by atoms with E-state index in [1.54, 1.807) is 39.0 Å². The van der Waals surface area contributed by atoms with E-state index in [0.717, 1.165) is 16.4 Å². The Labute approximate surface area is 156 Å². The van der Waals surface area contributed by atoms with E-state index in [-0.39, 0.29) is 21.2 Å². The quantitative estimate of drug-likeness (QED) is 0.469. The summed E-state index contributed by atoms with van der Waals surface area (Å²) in [6.45, 7) is 4.89. The van der Waals surface area contributed by atoms with Gasteiger partial charge in [0.25, 0.3) is 15.9 Å². The number of nitrogens with two attached hydrogens (primary N) is 1. The number of nitrogens with one attached hydrogen (secondary N) is 1. The topological polar surface area (TPSA) is 92.5 Å². The number of anilines is 1. The molecule has 0 atom stereocenters. The van der Waals surface area contributed by atoms with Crippen LogP contribution in [0.15, 0.2) is 47.4 Å². The van der Waals surface area contributed by atoms with Crippen molar-refractivity contribution in [1.29, 1.82) is 0 Å². The number of carbonyl (C=O) groups excluding carboxylic acids is 1. The van der Waals surface area contributed by atoms with Crippen molar-refractivity contribution in [2.45, 2.75) is 31.2 Å². The van der Waals surface area contributed by atoms with Gasteiger partial charge in [-0.05, 0) is 39.0 Å². The minimum absolute atomic E-state index is 0.00406. The number of benzene rings is 2. The fourth-order valence-corrected chi connectivity index (χ4v) is 4.52. The highest BCUT2D eigenvalue weighted by Gasteiger charge is 2.37. The van der Waals surface area contributed by atoms with Gasteiger partial charge in [-0.2, -0.15) is 0 Å². The Morgan fingerprint density at radius 2 is 1.77 bits per heavy atom. The zero-order valence-electron chi connectivity index (χ0n) is 14.5. The van der Waals surface area contributed by atoms with Crippen molar-refractivity contribution in [2.75, 3.05) is 4.31 Å². The lowest BCUT2D eigenvalue weighted by atomic mass is 10.1. The van der Waals surface area contributed by atoms with Crippen LogP contribution in [0.2, 0.25) is 5.02 Å². The van der Waals surface area contributed by atoms with Crippen LogP contribution in [0.1, 0.15) is 31.1 Å². The number of hydrogen-bond acceptors (Lipinski definition) is 4. The fourth-order valence-electron chi connectivity index (χ4n) is 2.51. The van der Waals surface area contributed by atoms with Gasteiger partial charge < -0.3 is 0 Å². The molecule has 0 aliphatic rings. The van der Waals surface area contributed by atoms with Gasteiger partial charge in [0.1, 0.15) is 5.82 Å². The highest BCUT2D eigenvalue weighted by molar-refractivity contribution is 7.93. The number of carbonyl (C=O) groups is 1. The summed E-state index contributed by atoms with van der Waals surface area (Å²) in [6.07, 6.45) is 0. The number of nitrogen functional groups attached to an aromatic ring is 1. The molecule has 0 radical (unpaired) electrons. The van der Waals surface area contributed by atoms with E-state index >= 15 is 0 Å². The van der Waals surface area contributed by atoms with E-state index < -0.39 is 27.3 Å². The molecule has 0 heterocycles. The molecule has 6 nitrogen and oxygen atoms in total. The van der Waals surface area contributed by atoms with Crippen LogP contribution in [0, 0.1) is 5.82 Å². The van der Waals surface area contributed by atoms with Crippen molar-refractivity contribution in [3.63, 3.8) is 0 Å². The van der Waals surface area contributed by atoms with Crippen molar-refractivity contribution in [2.24, 2.45) is 5.84 Å². The molecule has 26 heavy (non-hydrogen) atoms. The molecule has 1 amide bonds. The molecule has 0 aliphatic heterocycles. The third-order valence-corrected chi connectivity index (χ3v) is 5.91. The Balaban J connectivity index is 2.82. The molecule has 0 fully saturated rings. The summed E-state index contributed by atoms with van der Waals surface area (Å²) in [5.41, 5.74) is 0.589. The summed E-state index contributed by atoms with van der Waals surface area (Å²) >= 11 is 5.77. The molecule has 2 rings (SSSR count). The monoisotopic (exact) mass is 399 g/mol. The van der Waals surface area contributed by atoms with Gasteiger partial charge in [0.15, 0.2) is 0 Å². The number of amides is 1. The zero-order chi connectivity index (χ0) is 19.7. The van der Waals surface area contributed by atoms with Gasteiger partial charge in [0.2, 0.25) is 0 Å². The number of hydrogen-bond donors (Lipinski definition) is 2. The summed E-state index contributed by atoms with van der Waals surface area (Å²) in [5, 5.41) is -0.321. The lowest BCUT2D eigenvalue weighted by Gasteiger charge is -2.37. The predicted octanol–water partition coefficient (Wildman–Crippen LogP) is 3.08. The van der Waals surface area contributed by atoms with E-state index in [1.165, 1.54) is 12.1 Å². The highest BCUT2D eigenvalue weighted by Crippen LogP contribution is 2.36. The van der Waals surface area contributed by atoms with Crippen LogP contribution in [0.5, 0.6) is 0 Å². The Morgan fingerprint density at radius 3 is 2.27 bits per heavy atom. The second-order valence-corrected chi connectivity index (χ2v) is 8.70. The SMILES string of the molecule is CC(C)(C)N(c1cc(F)c(Cl)cc1C(=O)NN)S(=O)(=O)c1ccccc1. The zero-order valence-corrected chi connectivity index (χ0v) is 16.0. The van der Waals surface area contributed by atoms with E-state index in [2.05, 4.69) is 0 Å². The number of hydrazine groups is 1. The molecule has 2 aromatic carbocycles. The molecule has 3 N–H and O–H groups in total. The normalized spacial score (nSPS) is 11.9. The fraction of sp³-hybridized carbons (Fsp3) is 0.235. The summed E-state index contributed by atoms with van der Waals surface area (Å²) in [7, 11) is -4.10. The van der Waals surface area contributed by atoms with E-state index in [9.17, 15) is 17.6 Å². The van der Waals surface area contributed by atoms with Gasteiger partial charge >= 0.3 is 0 Å². The Morgan fingerprint density at radius 1 is 1.19 bits per heavy atom. The van der Waals surface area contributed by atoms with Crippen molar-refractivity contribution in [3.05, 3.63) is 58.9 Å². The number of halogens is 2. The van der Waals surface area contributed by atoms with Gasteiger partial charge in [-0.15, -0.1) is 0 Å². The van der Waals surface area contributed by atoms with Crippen LogP contribution in [0.4, 0.5) is 10.1 Å². The van der Waals surface area contributed by atoms with Crippen LogP contribution < -0.4 is 15.6 Å². The molecule has 140 valence electrons. The maximum Gasteiger partial charge on any atom is 0.267 e. The Hall–Kier alpha value is -2.16. The summed E-state index contributed by atoms with van der Waals surface area (Å²) < 4.78 is 41.6. The Bertz CT molecular complexity index is 928. The molecule has 0 aromatic heterocycles.